The average molecular weight is 382 g/mol. The van der Waals surface area contributed by atoms with Crippen LogP contribution in [0.1, 0.15) is 11.3 Å². The summed E-state index contributed by atoms with van der Waals surface area (Å²) < 4.78 is 10.4. The Kier molecular flexibility index (Phi) is 6.40. The zero-order chi connectivity index (χ0) is 19.1. The first-order valence-electron chi connectivity index (χ1n) is 8.42. The van der Waals surface area contributed by atoms with Gasteiger partial charge in [0.2, 0.25) is 0 Å². The summed E-state index contributed by atoms with van der Waals surface area (Å²) in [5, 5.41) is 6.07. The molecule has 0 saturated heterocycles. The number of guanidine groups is 1. The van der Waals surface area contributed by atoms with E-state index in [0.717, 1.165) is 33.3 Å². The van der Waals surface area contributed by atoms with Crippen molar-refractivity contribution in [2.24, 2.45) is 10.7 Å². The molecule has 0 aliphatic carbocycles. The SMILES string of the molecule is COCc1ccccc1NC(N)=NCc1csc(-c2ccc(OC)cc2)n1. The molecule has 0 unspecified atom stereocenters. The van der Waals surface area contributed by atoms with Gasteiger partial charge in [0.1, 0.15) is 10.8 Å². The number of hydrogen-bond acceptors (Lipinski definition) is 5. The first-order chi connectivity index (χ1) is 13.2. The molecule has 140 valence electrons. The number of thiazole rings is 1. The Hall–Kier alpha value is -2.90. The van der Waals surface area contributed by atoms with Crippen LogP contribution in [0, 0.1) is 0 Å². The first-order valence-corrected chi connectivity index (χ1v) is 9.30. The molecular formula is C20H22N4O2S. The van der Waals surface area contributed by atoms with Crippen molar-refractivity contribution in [1.29, 1.82) is 0 Å². The number of ether oxygens (including phenoxy) is 2. The second-order valence-corrected chi connectivity index (χ2v) is 6.65. The lowest BCUT2D eigenvalue weighted by molar-refractivity contribution is 0.185. The predicted molar refractivity (Wildman–Crippen MR) is 110 cm³/mol. The first kappa shape index (κ1) is 18.9. The van der Waals surface area contributed by atoms with E-state index < -0.39 is 0 Å². The molecule has 0 amide bonds. The maximum atomic E-state index is 6.03. The fourth-order valence-corrected chi connectivity index (χ4v) is 3.33. The van der Waals surface area contributed by atoms with Gasteiger partial charge in [0.15, 0.2) is 5.96 Å². The number of anilines is 1. The van der Waals surface area contributed by atoms with E-state index in [1.807, 2.05) is 53.9 Å². The van der Waals surface area contributed by atoms with Crippen LogP contribution >= 0.6 is 11.3 Å². The number of para-hydroxylation sites is 1. The summed E-state index contributed by atoms with van der Waals surface area (Å²) in [4.78, 5) is 9.02. The van der Waals surface area contributed by atoms with Gasteiger partial charge in [0.25, 0.3) is 0 Å². The Labute approximate surface area is 162 Å². The average Bonchev–Trinajstić information content (AvgIpc) is 3.17. The van der Waals surface area contributed by atoms with E-state index in [1.54, 1.807) is 25.6 Å². The number of rotatable bonds is 7. The molecule has 0 atom stereocenters. The molecule has 0 spiro atoms. The minimum Gasteiger partial charge on any atom is -0.497 e. The fraction of sp³-hybridized carbons (Fsp3) is 0.200. The van der Waals surface area contributed by atoms with E-state index in [1.165, 1.54) is 0 Å². The minimum absolute atomic E-state index is 0.345. The van der Waals surface area contributed by atoms with Gasteiger partial charge < -0.3 is 20.5 Å². The largest absolute Gasteiger partial charge is 0.497 e. The molecule has 3 rings (SSSR count). The van der Waals surface area contributed by atoms with Crippen molar-refractivity contribution in [3.8, 4) is 16.3 Å². The van der Waals surface area contributed by atoms with Crippen LogP contribution in [0.4, 0.5) is 5.69 Å². The van der Waals surface area contributed by atoms with Gasteiger partial charge >= 0.3 is 0 Å². The van der Waals surface area contributed by atoms with Crippen molar-refractivity contribution >= 4 is 23.0 Å². The van der Waals surface area contributed by atoms with Gasteiger partial charge in [-0.05, 0) is 30.3 Å². The van der Waals surface area contributed by atoms with Crippen LogP contribution in [0.2, 0.25) is 0 Å². The second-order valence-electron chi connectivity index (χ2n) is 5.79. The van der Waals surface area contributed by atoms with Crippen LogP contribution in [-0.2, 0) is 17.9 Å². The van der Waals surface area contributed by atoms with Crippen molar-refractivity contribution in [1.82, 2.24) is 4.98 Å². The second kappa shape index (κ2) is 9.16. The topological polar surface area (TPSA) is 81.8 Å². The summed E-state index contributed by atoms with van der Waals surface area (Å²) in [5.41, 5.74) is 9.86. The number of nitrogens with one attached hydrogen (secondary N) is 1. The van der Waals surface area contributed by atoms with Gasteiger partial charge in [-0.3, -0.25) is 0 Å². The minimum atomic E-state index is 0.345. The highest BCUT2D eigenvalue weighted by atomic mass is 32.1. The number of aliphatic imine (C=N–C) groups is 1. The summed E-state index contributed by atoms with van der Waals surface area (Å²) in [6, 6.07) is 15.7. The van der Waals surface area contributed by atoms with Gasteiger partial charge in [-0.1, -0.05) is 18.2 Å². The molecule has 7 heteroatoms. The zero-order valence-corrected chi connectivity index (χ0v) is 16.1. The molecule has 2 aromatic carbocycles. The normalized spacial score (nSPS) is 11.4. The van der Waals surface area contributed by atoms with Gasteiger partial charge in [0, 0.05) is 29.3 Å². The standard InChI is InChI=1S/C20H22N4O2S/c1-25-12-15-5-3-4-6-18(15)24-20(21)22-11-16-13-27-19(23-16)14-7-9-17(26-2)10-8-14/h3-10,13H,11-12H2,1-2H3,(H3,21,22,24). The molecule has 1 aromatic heterocycles. The van der Waals surface area contributed by atoms with Crippen LogP contribution in [0.25, 0.3) is 10.6 Å². The van der Waals surface area contributed by atoms with E-state index in [4.69, 9.17) is 15.2 Å². The summed E-state index contributed by atoms with van der Waals surface area (Å²) in [6.45, 7) is 0.922. The third-order valence-corrected chi connectivity index (χ3v) is 4.82. The van der Waals surface area contributed by atoms with Crippen molar-refractivity contribution in [3.05, 3.63) is 65.2 Å². The maximum Gasteiger partial charge on any atom is 0.193 e. The van der Waals surface area contributed by atoms with E-state index in [9.17, 15) is 0 Å². The molecule has 1 heterocycles. The third kappa shape index (κ3) is 5.06. The summed E-state index contributed by atoms with van der Waals surface area (Å²) in [7, 11) is 3.32. The van der Waals surface area contributed by atoms with E-state index in [2.05, 4.69) is 15.3 Å². The van der Waals surface area contributed by atoms with Crippen molar-refractivity contribution < 1.29 is 9.47 Å². The van der Waals surface area contributed by atoms with Crippen LogP contribution in [0.5, 0.6) is 5.75 Å². The highest BCUT2D eigenvalue weighted by Gasteiger charge is 2.06. The molecule has 3 N–H and O–H groups in total. The lowest BCUT2D eigenvalue weighted by Gasteiger charge is -2.10. The molecule has 0 saturated carbocycles. The van der Waals surface area contributed by atoms with Gasteiger partial charge in [0.05, 0.1) is 26.0 Å². The van der Waals surface area contributed by atoms with Crippen molar-refractivity contribution in [2.45, 2.75) is 13.2 Å². The van der Waals surface area contributed by atoms with Crippen LogP contribution in [0.15, 0.2) is 58.9 Å². The van der Waals surface area contributed by atoms with Crippen molar-refractivity contribution in [2.75, 3.05) is 19.5 Å². The lowest BCUT2D eigenvalue weighted by Crippen LogP contribution is -2.23. The number of hydrogen-bond donors (Lipinski definition) is 2. The molecule has 0 aliphatic heterocycles. The Balaban J connectivity index is 1.65. The molecule has 0 fully saturated rings. The Bertz CT molecular complexity index is 906. The van der Waals surface area contributed by atoms with Crippen LogP contribution in [0.3, 0.4) is 0 Å². The Morgan fingerprint density at radius 3 is 2.67 bits per heavy atom. The molecule has 6 nitrogen and oxygen atoms in total. The zero-order valence-electron chi connectivity index (χ0n) is 15.3. The number of aromatic nitrogens is 1. The van der Waals surface area contributed by atoms with E-state index >= 15 is 0 Å². The number of methoxy groups -OCH3 is 2. The Morgan fingerprint density at radius 1 is 1.15 bits per heavy atom. The molecule has 0 aliphatic rings. The lowest BCUT2D eigenvalue weighted by atomic mass is 10.2. The summed E-state index contributed by atoms with van der Waals surface area (Å²) in [6.07, 6.45) is 0. The highest BCUT2D eigenvalue weighted by Crippen LogP contribution is 2.26. The van der Waals surface area contributed by atoms with Crippen LogP contribution < -0.4 is 15.8 Å². The molecule has 3 aromatic rings. The quantitative estimate of drug-likeness (QED) is 0.478. The van der Waals surface area contributed by atoms with Crippen molar-refractivity contribution in [3.63, 3.8) is 0 Å². The van der Waals surface area contributed by atoms with Gasteiger partial charge in [-0.2, -0.15) is 0 Å². The Morgan fingerprint density at radius 2 is 1.93 bits per heavy atom. The molecule has 0 radical (unpaired) electrons. The van der Waals surface area contributed by atoms with Gasteiger partial charge in [-0.25, -0.2) is 9.98 Å². The summed E-state index contributed by atoms with van der Waals surface area (Å²) in [5.74, 6) is 1.17. The van der Waals surface area contributed by atoms with Crippen LogP contribution in [-0.4, -0.2) is 25.2 Å². The summed E-state index contributed by atoms with van der Waals surface area (Å²) >= 11 is 1.58. The highest BCUT2D eigenvalue weighted by molar-refractivity contribution is 7.13. The predicted octanol–water partition coefficient (Wildman–Crippen LogP) is 3.89. The maximum absolute atomic E-state index is 6.03. The number of nitrogens with two attached hydrogens (primary N) is 1. The number of nitrogens with zero attached hydrogens (tertiary/aromatic N) is 2. The van der Waals surface area contributed by atoms with E-state index in [-0.39, 0.29) is 0 Å². The van der Waals surface area contributed by atoms with E-state index in [0.29, 0.717) is 19.1 Å². The monoisotopic (exact) mass is 382 g/mol. The fourth-order valence-electron chi connectivity index (χ4n) is 2.51. The molecule has 0 bridgehead atoms. The molecular weight excluding hydrogens is 360 g/mol. The smallest absolute Gasteiger partial charge is 0.193 e. The number of benzene rings is 2. The van der Waals surface area contributed by atoms with Gasteiger partial charge in [-0.15, -0.1) is 11.3 Å². The molecule has 27 heavy (non-hydrogen) atoms. The third-order valence-electron chi connectivity index (χ3n) is 3.88.